The van der Waals surface area contributed by atoms with E-state index >= 15 is 0 Å². The lowest BCUT2D eigenvalue weighted by atomic mass is 10.1. The van der Waals surface area contributed by atoms with Gasteiger partial charge in [0.2, 0.25) is 0 Å². The van der Waals surface area contributed by atoms with Crippen molar-refractivity contribution in [3.8, 4) is 5.69 Å². The largest absolute Gasteiger partial charge is 0.432 e. The number of nitrogens with zero attached hydrogens (tertiary/aromatic N) is 3. The number of H-pyrrole nitrogens is 1. The van der Waals surface area contributed by atoms with Crippen LogP contribution in [0.5, 0.6) is 0 Å². The number of benzene rings is 1. The van der Waals surface area contributed by atoms with Crippen LogP contribution in [0.25, 0.3) is 5.69 Å². The molecule has 0 aliphatic carbocycles. The number of alkyl halides is 3. The van der Waals surface area contributed by atoms with Gasteiger partial charge in [-0.15, -0.1) is 0 Å². The van der Waals surface area contributed by atoms with Gasteiger partial charge in [-0.25, -0.2) is 4.68 Å². The minimum atomic E-state index is -4.67. The maximum Gasteiger partial charge on any atom is 0.432 e. The first-order valence-corrected chi connectivity index (χ1v) is 8.37. The Kier molecular flexibility index (Phi) is 4.88. The Morgan fingerprint density at radius 2 is 2.00 bits per heavy atom. The summed E-state index contributed by atoms with van der Waals surface area (Å²) in [6.07, 6.45) is -3.01. The highest BCUT2D eigenvalue weighted by molar-refractivity contribution is 5.95. The van der Waals surface area contributed by atoms with Gasteiger partial charge >= 0.3 is 6.18 Å². The highest BCUT2D eigenvalue weighted by Crippen LogP contribution is 2.26. The molecule has 0 aliphatic heterocycles. The molecule has 3 rings (SSSR count). The van der Waals surface area contributed by atoms with Crippen LogP contribution < -0.4 is 10.9 Å². The number of nitrogens with one attached hydrogen (secondary N) is 2. The minimum Gasteiger partial charge on any atom is -0.345 e. The number of amides is 1. The van der Waals surface area contributed by atoms with Crippen LogP contribution in [0, 0.1) is 6.92 Å². The molecule has 1 aromatic carbocycles. The molecule has 148 valence electrons. The van der Waals surface area contributed by atoms with E-state index in [9.17, 15) is 22.8 Å². The molecule has 0 spiro atoms. The molecule has 28 heavy (non-hydrogen) atoms. The molecule has 7 nitrogen and oxygen atoms in total. The molecule has 0 saturated carbocycles. The smallest absolute Gasteiger partial charge is 0.345 e. The topological polar surface area (TPSA) is 84.7 Å². The fourth-order valence-corrected chi connectivity index (χ4v) is 2.82. The van der Waals surface area contributed by atoms with Gasteiger partial charge in [0.15, 0.2) is 0 Å². The van der Waals surface area contributed by atoms with Crippen molar-refractivity contribution in [2.75, 3.05) is 0 Å². The number of aryl methyl sites for hydroxylation is 1. The van der Waals surface area contributed by atoms with Crippen molar-refractivity contribution in [3.05, 3.63) is 69.4 Å². The molecule has 1 amide bonds. The van der Waals surface area contributed by atoms with Crippen LogP contribution in [0.3, 0.4) is 0 Å². The van der Waals surface area contributed by atoms with Crippen molar-refractivity contribution in [1.29, 1.82) is 0 Å². The summed E-state index contributed by atoms with van der Waals surface area (Å²) in [6.45, 7) is 3.68. The van der Waals surface area contributed by atoms with E-state index in [-0.39, 0.29) is 17.3 Å². The van der Waals surface area contributed by atoms with Crippen molar-refractivity contribution in [1.82, 2.24) is 24.9 Å². The summed E-state index contributed by atoms with van der Waals surface area (Å²) in [4.78, 5) is 24.5. The number of aromatic nitrogens is 4. The van der Waals surface area contributed by atoms with E-state index in [1.54, 1.807) is 24.9 Å². The van der Waals surface area contributed by atoms with Crippen molar-refractivity contribution < 1.29 is 18.0 Å². The van der Waals surface area contributed by atoms with E-state index in [2.05, 4.69) is 10.4 Å². The number of hydrogen-bond donors (Lipinski definition) is 2. The fourth-order valence-electron chi connectivity index (χ4n) is 2.82. The standard InChI is InChI=1S/C18H18F3N5O2/c1-10(14-9-22-25(3)11(14)2)23-17(28)12-5-4-6-13(7-12)26-16(27)8-15(24-26)18(19,20)21/h4-10,24H,1-3H3,(H,23,28)/t10-/m0/s1. The molecule has 3 aromatic rings. The van der Waals surface area contributed by atoms with Crippen molar-refractivity contribution in [2.45, 2.75) is 26.1 Å². The first-order valence-electron chi connectivity index (χ1n) is 8.37. The van der Waals surface area contributed by atoms with E-state index in [0.29, 0.717) is 6.07 Å². The van der Waals surface area contributed by atoms with Crippen LogP contribution >= 0.6 is 0 Å². The maximum atomic E-state index is 12.8. The van der Waals surface area contributed by atoms with Crippen LogP contribution in [0.4, 0.5) is 13.2 Å². The number of halogens is 3. The third-order valence-corrected chi connectivity index (χ3v) is 4.48. The molecule has 0 aliphatic rings. The molecule has 2 heterocycles. The van der Waals surface area contributed by atoms with Gasteiger partial charge < -0.3 is 5.32 Å². The number of carbonyl (C=O) groups is 1. The molecule has 10 heteroatoms. The van der Waals surface area contributed by atoms with Gasteiger partial charge in [-0.3, -0.25) is 19.4 Å². The summed E-state index contributed by atoms with van der Waals surface area (Å²) in [7, 11) is 1.79. The molecular formula is C18H18F3N5O2. The zero-order valence-electron chi connectivity index (χ0n) is 15.3. The first kappa shape index (κ1) is 19.5. The zero-order chi connectivity index (χ0) is 20.6. The third-order valence-electron chi connectivity index (χ3n) is 4.48. The number of aromatic amines is 1. The molecule has 0 radical (unpaired) electrons. The van der Waals surface area contributed by atoms with E-state index < -0.39 is 23.3 Å². The van der Waals surface area contributed by atoms with Crippen LogP contribution in [-0.2, 0) is 13.2 Å². The third kappa shape index (κ3) is 3.71. The van der Waals surface area contributed by atoms with Gasteiger partial charge in [-0.05, 0) is 32.0 Å². The predicted molar refractivity (Wildman–Crippen MR) is 95.2 cm³/mol. The van der Waals surface area contributed by atoms with Crippen molar-refractivity contribution in [3.63, 3.8) is 0 Å². The number of rotatable bonds is 4. The minimum absolute atomic E-state index is 0.123. The maximum absolute atomic E-state index is 12.8. The molecule has 0 unspecified atom stereocenters. The second-order valence-electron chi connectivity index (χ2n) is 6.40. The predicted octanol–water partition coefficient (Wildman–Crippen LogP) is 2.72. The Morgan fingerprint density at radius 1 is 1.29 bits per heavy atom. The molecule has 0 bridgehead atoms. The normalized spacial score (nSPS) is 12.8. The highest BCUT2D eigenvalue weighted by atomic mass is 19.4. The van der Waals surface area contributed by atoms with Crippen LogP contribution in [0.1, 0.15) is 40.3 Å². The molecule has 0 saturated heterocycles. The fraction of sp³-hybridized carbons (Fsp3) is 0.278. The van der Waals surface area contributed by atoms with Crippen LogP contribution in [0.15, 0.2) is 41.3 Å². The molecule has 2 aromatic heterocycles. The average Bonchev–Trinajstić information content (AvgIpc) is 3.18. The lowest BCUT2D eigenvalue weighted by Gasteiger charge is -2.14. The molecule has 1 atom stereocenters. The Bertz CT molecular complexity index is 1080. The summed E-state index contributed by atoms with van der Waals surface area (Å²) < 4.78 is 40.8. The Hall–Kier alpha value is -3.30. The van der Waals surface area contributed by atoms with Crippen molar-refractivity contribution in [2.24, 2.45) is 7.05 Å². The lowest BCUT2D eigenvalue weighted by molar-refractivity contribution is -0.141. The summed E-state index contributed by atoms with van der Waals surface area (Å²) in [6, 6.07) is 5.93. The second kappa shape index (κ2) is 7.02. The summed E-state index contributed by atoms with van der Waals surface area (Å²) in [5, 5.41) is 8.97. The van der Waals surface area contributed by atoms with E-state index in [1.807, 2.05) is 12.0 Å². The second-order valence-corrected chi connectivity index (χ2v) is 6.40. The summed E-state index contributed by atoms with van der Waals surface area (Å²) in [5.41, 5.74) is 0.0539. The quantitative estimate of drug-likeness (QED) is 0.715. The summed E-state index contributed by atoms with van der Waals surface area (Å²) >= 11 is 0. The molecular weight excluding hydrogens is 375 g/mol. The van der Waals surface area contributed by atoms with Gasteiger partial charge in [-0.2, -0.15) is 18.3 Å². The monoisotopic (exact) mass is 393 g/mol. The average molecular weight is 393 g/mol. The number of hydrogen-bond acceptors (Lipinski definition) is 3. The van der Waals surface area contributed by atoms with Gasteiger partial charge in [0.25, 0.3) is 11.5 Å². The van der Waals surface area contributed by atoms with E-state index in [4.69, 9.17) is 0 Å². The summed E-state index contributed by atoms with van der Waals surface area (Å²) in [5.74, 6) is -0.423. The number of carbonyl (C=O) groups excluding carboxylic acids is 1. The molecule has 2 N–H and O–H groups in total. The van der Waals surface area contributed by atoms with Gasteiger partial charge in [0, 0.05) is 29.9 Å². The Morgan fingerprint density at radius 3 is 2.57 bits per heavy atom. The van der Waals surface area contributed by atoms with E-state index in [0.717, 1.165) is 15.9 Å². The van der Waals surface area contributed by atoms with Gasteiger partial charge in [0.1, 0.15) is 5.69 Å². The lowest BCUT2D eigenvalue weighted by Crippen LogP contribution is -2.27. The Labute approximate surface area is 157 Å². The highest BCUT2D eigenvalue weighted by Gasteiger charge is 2.33. The Balaban J connectivity index is 1.85. The van der Waals surface area contributed by atoms with Crippen LogP contribution in [-0.4, -0.2) is 25.5 Å². The van der Waals surface area contributed by atoms with Gasteiger partial charge in [0.05, 0.1) is 17.9 Å². The molecule has 0 fully saturated rings. The van der Waals surface area contributed by atoms with Gasteiger partial charge in [-0.1, -0.05) is 6.07 Å². The van der Waals surface area contributed by atoms with Crippen LogP contribution in [0.2, 0.25) is 0 Å². The zero-order valence-corrected chi connectivity index (χ0v) is 15.3. The van der Waals surface area contributed by atoms with E-state index in [1.165, 1.54) is 24.3 Å². The first-order chi connectivity index (χ1) is 13.1. The SMILES string of the molecule is Cc1c([C@H](C)NC(=O)c2cccc(-n3[nH]c(C(F)(F)F)cc3=O)c2)cnn1C. The van der Waals surface area contributed by atoms with Crippen molar-refractivity contribution >= 4 is 5.91 Å².